The van der Waals surface area contributed by atoms with E-state index < -0.39 is 6.10 Å². The molecule has 2 aromatic carbocycles. The van der Waals surface area contributed by atoms with E-state index in [0.717, 1.165) is 11.4 Å². The molecule has 2 N–H and O–H groups in total. The second-order valence-electron chi connectivity index (χ2n) is 6.82. The summed E-state index contributed by atoms with van der Waals surface area (Å²) in [6, 6.07) is 19.2. The second-order valence-corrected chi connectivity index (χ2v) is 6.82. The number of hydrogen-bond donors (Lipinski definition) is 2. The number of amides is 2. The highest BCUT2D eigenvalue weighted by atomic mass is 16.5. The number of aromatic nitrogens is 1. The Morgan fingerprint density at radius 1 is 1.00 bits per heavy atom. The molecular weight excluding hydrogens is 380 g/mol. The van der Waals surface area contributed by atoms with Crippen molar-refractivity contribution in [3.63, 3.8) is 0 Å². The zero-order chi connectivity index (χ0) is 21.7. The summed E-state index contributed by atoms with van der Waals surface area (Å²) in [7, 11) is 0. The van der Waals surface area contributed by atoms with Gasteiger partial charge in [0.1, 0.15) is 11.8 Å². The van der Waals surface area contributed by atoms with Crippen LogP contribution in [0.4, 0.5) is 5.69 Å². The summed E-state index contributed by atoms with van der Waals surface area (Å²) in [5.41, 5.74) is 5.97. The summed E-state index contributed by atoms with van der Waals surface area (Å²) < 4.78 is 7.39. The molecule has 30 heavy (non-hydrogen) atoms. The number of nitriles is 1. The molecule has 0 fully saturated rings. The molecular formula is C23H22N4O3. The summed E-state index contributed by atoms with van der Waals surface area (Å²) in [4.78, 5) is 24.8. The van der Waals surface area contributed by atoms with E-state index in [1.165, 1.54) is 0 Å². The fourth-order valence-electron chi connectivity index (χ4n) is 2.88. The molecule has 7 heteroatoms. The first kappa shape index (κ1) is 20.7. The zero-order valence-corrected chi connectivity index (χ0v) is 17.0. The van der Waals surface area contributed by atoms with Crippen molar-refractivity contribution in [2.24, 2.45) is 0 Å². The Labute approximate surface area is 174 Å². The Morgan fingerprint density at radius 2 is 1.63 bits per heavy atom. The van der Waals surface area contributed by atoms with Crippen LogP contribution in [-0.2, 0) is 4.79 Å². The van der Waals surface area contributed by atoms with Crippen LogP contribution in [0.5, 0.6) is 5.75 Å². The van der Waals surface area contributed by atoms with Gasteiger partial charge >= 0.3 is 0 Å². The lowest BCUT2D eigenvalue weighted by Crippen LogP contribution is -2.30. The van der Waals surface area contributed by atoms with Crippen molar-refractivity contribution in [2.45, 2.75) is 26.9 Å². The monoisotopic (exact) mass is 402 g/mol. The molecule has 152 valence electrons. The van der Waals surface area contributed by atoms with Crippen LogP contribution in [-0.4, -0.2) is 22.6 Å². The highest BCUT2D eigenvalue weighted by molar-refractivity contribution is 6.00. The minimum atomic E-state index is -0.790. The van der Waals surface area contributed by atoms with Gasteiger partial charge in [-0.25, -0.2) is 0 Å². The molecule has 7 nitrogen and oxygen atoms in total. The molecule has 0 spiro atoms. The molecule has 1 atom stereocenters. The number of carbonyl (C=O) groups excluding carboxylic acids is 2. The van der Waals surface area contributed by atoms with E-state index in [-0.39, 0.29) is 11.8 Å². The van der Waals surface area contributed by atoms with Crippen LogP contribution in [0.15, 0.2) is 60.7 Å². The van der Waals surface area contributed by atoms with Gasteiger partial charge in [-0.1, -0.05) is 12.1 Å². The first-order valence-corrected chi connectivity index (χ1v) is 9.42. The summed E-state index contributed by atoms with van der Waals surface area (Å²) in [5, 5.41) is 11.8. The van der Waals surface area contributed by atoms with E-state index in [0.29, 0.717) is 22.6 Å². The molecule has 0 aliphatic carbocycles. The molecule has 0 saturated heterocycles. The largest absolute Gasteiger partial charge is 0.481 e. The third-order valence-corrected chi connectivity index (χ3v) is 4.59. The second kappa shape index (κ2) is 8.97. The quantitative estimate of drug-likeness (QED) is 0.656. The molecule has 0 saturated carbocycles. The van der Waals surface area contributed by atoms with Crippen molar-refractivity contribution in [1.82, 2.24) is 4.68 Å². The number of nitrogens with zero attached hydrogens (tertiary/aromatic N) is 2. The van der Waals surface area contributed by atoms with Crippen LogP contribution >= 0.6 is 0 Å². The molecule has 0 bridgehead atoms. The van der Waals surface area contributed by atoms with Crippen molar-refractivity contribution in [3.05, 3.63) is 83.2 Å². The molecule has 1 unspecified atom stereocenters. The number of aryl methyl sites for hydroxylation is 2. The molecule has 1 heterocycles. The zero-order valence-electron chi connectivity index (χ0n) is 17.0. The maximum absolute atomic E-state index is 12.5. The molecule has 2 amide bonds. The van der Waals surface area contributed by atoms with Crippen LogP contribution in [0.1, 0.15) is 34.2 Å². The number of carbonyl (C=O) groups is 2. The van der Waals surface area contributed by atoms with Crippen molar-refractivity contribution in [2.75, 3.05) is 10.7 Å². The van der Waals surface area contributed by atoms with Crippen molar-refractivity contribution in [3.8, 4) is 11.8 Å². The van der Waals surface area contributed by atoms with Gasteiger partial charge in [0.05, 0.1) is 11.3 Å². The third-order valence-electron chi connectivity index (χ3n) is 4.59. The molecule has 0 aliphatic rings. The first-order chi connectivity index (χ1) is 14.4. The molecule has 3 rings (SSSR count). The Balaban J connectivity index is 1.61. The molecule has 1 aromatic heterocycles. The number of nitrogens with one attached hydrogen (secondary N) is 2. The predicted octanol–water partition coefficient (Wildman–Crippen LogP) is 3.77. The fourth-order valence-corrected chi connectivity index (χ4v) is 2.88. The standard InChI is InChI=1S/C23H22N4O3/c1-15-8-9-16(2)27(15)26-23(29)18-10-12-20(13-11-18)30-17(3)22(28)25-21-7-5-4-6-19(21)14-24/h4-13,17H,1-3H3,(H,25,28)(H,26,29). The average Bonchev–Trinajstić information content (AvgIpc) is 3.06. The van der Waals surface area contributed by atoms with E-state index in [9.17, 15) is 9.59 Å². The predicted molar refractivity (Wildman–Crippen MR) is 114 cm³/mol. The lowest BCUT2D eigenvalue weighted by Gasteiger charge is -2.16. The Bertz CT molecular complexity index is 1090. The van der Waals surface area contributed by atoms with Crippen molar-refractivity contribution in [1.29, 1.82) is 5.26 Å². The number of hydrogen-bond acceptors (Lipinski definition) is 4. The number of benzene rings is 2. The van der Waals surface area contributed by atoms with Gasteiger partial charge in [0.25, 0.3) is 11.8 Å². The number of rotatable bonds is 6. The van der Waals surface area contributed by atoms with E-state index in [1.807, 2.05) is 32.0 Å². The van der Waals surface area contributed by atoms with Gasteiger partial charge in [-0.15, -0.1) is 0 Å². The minimum absolute atomic E-state index is 0.247. The SMILES string of the molecule is Cc1ccc(C)n1NC(=O)c1ccc(OC(C)C(=O)Nc2ccccc2C#N)cc1. The smallest absolute Gasteiger partial charge is 0.270 e. The average molecular weight is 402 g/mol. The van der Waals surface area contributed by atoms with Gasteiger partial charge in [0.2, 0.25) is 0 Å². The van der Waals surface area contributed by atoms with Crippen LogP contribution in [0.3, 0.4) is 0 Å². The van der Waals surface area contributed by atoms with Gasteiger partial charge in [0, 0.05) is 17.0 Å². The Morgan fingerprint density at radius 3 is 2.27 bits per heavy atom. The number of anilines is 1. The van der Waals surface area contributed by atoms with Crippen LogP contribution in [0.25, 0.3) is 0 Å². The summed E-state index contributed by atoms with van der Waals surface area (Å²) in [6.07, 6.45) is -0.790. The Kier molecular flexibility index (Phi) is 6.18. The maximum Gasteiger partial charge on any atom is 0.270 e. The van der Waals surface area contributed by atoms with Crippen molar-refractivity contribution >= 4 is 17.5 Å². The van der Waals surface area contributed by atoms with E-state index in [1.54, 1.807) is 60.1 Å². The minimum Gasteiger partial charge on any atom is -0.481 e. The molecule has 3 aromatic rings. The van der Waals surface area contributed by atoms with Gasteiger partial charge < -0.3 is 10.1 Å². The van der Waals surface area contributed by atoms with E-state index in [4.69, 9.17) is 10.00 Å². The van der Waals surface area contributed by atoms with E-state index >= 15 is 0 Å². The van der Waals surface area contributed by atoms with Crippen LogP contribution < -0.4 is 15.5 Å². The van der Waals surface area contributed by atoms with Crippen molar-refractivity contribution < 1.29 is 14.3 Å². The van der Waals surface area contributed by atoms with Crippen LogP contribution in [0, 0.1) is 25.2 Å². The summed E-state index contributed by atoms with van der Waals surface area (Å²) in [6.45, 7) is 5.43. The van der Waals surface area contributed by atoms with E-state index in [2.05, 4.69) is 10.7 Å². The maximum atomic E-state index is 12.5. The van der Waals surface area contributed by atoms with Crippen LogP contribution in [0.2, 0.25) is 0 Å². The number of ether oxygens (including phenoxy) is 1. The number of para-hydroxylation sites is 1. The third kappa shape index (κ3) is 4.67. The summed E-state index contributed by atoms with van der Waals surface area (Å²) >= 11 is 0. The lowest BCUT2D eigenvalue weighted by atomic mass is 10.2. The molecule has 0 aliphatic heterocycles. The normalized spacial score (nSPS) is 11.3. The Hall–Kier alpha value is -4.05. The first-order valence-electron chi connectivity index (χ1n) is 9.42. The fraction of sp³-hybridized carbons (Fsp3) is 0.174. The molecule has 0 radical (unpaired) electrons. The van der Waals surface area contributed by atoms with Gasteiger partial charge in [-0.2, -0.15) is 5.26 Å². The highest BCUT2D eigenvalue weighted by Gasteiger charge is 2.17. The lowest BCUT2D eigenvalue weighted by molar-refractivity contribution is -0.122. The topological polar surface area (TPSA) is 96.2 Å². The van der Waals surface area contributed by atoms with Gasteiger partial charge in [-0.3, -0.25) is 19.7 Å². The summed E-state index contributed by atoms with van der Waals surface area (Å²) in [5.74, 6) is -0.169. The van der Waals surface area contributed by atoms with Gasteiger partial charge in [0.15, 0.2) is 6.10 Å². The van der Waals surface area contributed by atoms with Gasteiger partial charge in [-0.05, 0) is 69.3 Å². The highest BCUT2D eigenvalue weighted by Crippen LogP contribution is 2.17.